The molecule has 0 bridgehead atoms. The highest BCUT2D eigenvalue weighted by molar-refractivity contribution is 6.08. The predicted molar refractivity (Wildman–Crippen MR) is 97.7 cm³/mol. The van der Waals surface area contributed by atoms with Crippen molar-refractivity contribution in [3.05, 3.63) is 65.7 Å². The van der Waals surface area contributed by atoms with Gasteiger partial charge in [-0.3, -0.25) is 4.79 Å². The Hall–Kier alpha value is -2.17. The molecule has 0 aromatic heterocycles. The van der Waals surface area contributed by atoms with Crippen LogP contribution in [-0.4, -0.2) is 28.9 Å². The Labute approximate surface area is 149 Å². The molecule has 0 spiro atoms. The lowest BCUT2D eigenvalue weighted by Crippen LogP contribution is -2.15. The maximum atomic E-state index is 12.3. The lowest BCUT2D eigenvalue weighted by Gasteiger charge is -2.13. The zero-order valence-electron chi connectivity index (χ0n) is 14.4. The summed E-state index contributed by atoms with van der Waals surface area (Å²) < 4.78 is 5.49. The number of aliphatic hydroxyl groups excluding tert-OH is 2. The molecule has 0 aliphatic heterocycles. The molecule has 2 aromatic carbocycles. The Morgan fingerprint density at radius 1 is 0.840 bits per heavy atom. The van der Waals surface area contributed by atoms with Gasteiger partial charge in [-0.2, -0.15) is 0 Å². The number of ketones is 1. The number of rotatable bonds is 11. The van der Waals surface area contributed by atoms with Crippen molar-refractivity contribution in [2.75, 3.05) is 6.61 Å². The topological polar surface area (TPSA) is 66.8 Å². The van der Waals surface area contributed by atoms with Crippen molar-refractivity contribution in [1.29, 1.82) is 0 Å². The molecule has 2 N–H and O–H groups in total. The van der Waals surface area contributed by atoms with Crippen LogP contribution in [0.4, 0.5) is 0 Å². The van der Waals surface area contributed by atoms with Crippen LogP contribution in [-0.2, 0) is 0 Å². The van der Waals surface area contributed by atoms with Gasteiger partial charge in [-0.15, -0.1) is 0 Å². The van der Waals surface area contributed by atoms with Crippen LogP contribution in [0.5, 0.6) is 5.75 Å². The third-order valence-corrected chi connectivity index (χ3v) is 4.03. The van der Waals surface area contributed by atoms with Crippen LogP contribution in [0.25, 0.3) is 0 Å². The van der Waals surface area contributed by atoms with Gasteiger partial charge in [0, 0.05) is 24.2 Å². The Bertz CT molecular complexity index is 622. The van der Waals surface area contributed by atoms with Gasteiger partial charge in [-0.25, -0.2) is 0 Å². The van der Waals surface area contributed by atoms with Crippen molar-refractivity contribution in [3.8, 4) is 5.75 Å². The standard InChI is InChI=1S/C21H26O4/c22-16-8-3-1-2-7-11-20(23)25-19-14-12-18(13-15-19)21(24)17-9-5-4-6-10-17/h4-6,9-10,12-15,20,22-23H,1-3,7-8,11,16H2. The first-order valence-electron chi connectivity index (χ1n) is 8.86. The van der Waals surface area contributed by atoms with Gasteiger partial charge in [0.25, 0.3) is 0 Å². The fourth-order valence-corrected chi connectivity index (χ4v) is 2.62. The molecular weight excluding hydrogens is 316 g/mol. The number of aliphatic hydroxyl groups is 2. The number of ether oxygens (including phenoxy) is 1. The van der Waals surface area contributed by atoms with Gasteiger partial charge < -0.3 is 14.9 Å². The van der Waals surface area contributed by atoms with Crippen molar-refractivity contribution in [2.45, 2.75) is 44.8 Å². The number of benzene rings is 2. The third kappa shape index (κ3) is 6.69. The van der Waals surface area contributed by atoms with Crippen LogP contribution in [0, 0.1) is 0 Å². The SMILES string of the molecule is O=C(c1ccccc1)c1ccc(OC(O)CCCCCCCO)cc1. The number of carbonyl (C=O) groups is 1. The average Bonchev–Trinajstić information content (AvgIpc) is 2.65. The zero-order chi connectivity index (χ0) is 17.9. The molecule has 0 amide bonds. The first kappa shape index (κ1) is 19.2. The summed E-state index contributed by atoms with van der Waals surface area (Å²) in [5.41, 5.74) is 1.24. The van der Waals surface area contributed by atoms with E-state index in [0.29, 0.717) is 23.3 Å². The highest BCUT2D eigenvalue weighted by Crippen LogP contribution is 2.18. The van der Waals surface area contributed by atoms with Gasteiger partial charge in [0.1, 0.15) is 5.75 Å². The van der Waals surface area contributed by atoms with Crippen LogP contribution in [0.15, 0.2) is 54.6 Å². The predicted octanol–water partition coefficient (Wildman–Crippen LogP) is 3.95. The smallest absolute Gasteiger partial charge is 0.197 e. The van der Waals surface area contributed by atoms with Gasteiger partial charge in [0.15, 0.2) is 12.1 Å². The quantitative estimate of drug-likeness (QED) is 0.369. The lowest BCUT2D eigenvalue weighted by molar-refractivity contribution is -0.0246. The molecule has 1 atom stereocenters. The summed E-state index contributed by atoms with van der Waals surface area (Å²) in [6, 6.07) is 16.0. The second kappa shape index (κ2) is 10.6. The summed E-state index contributed by atoms with van der Waals surface area (Å²) in [4.78, 5) is 12.3. The molecule has 2 aromatic rings. The van der Waals surface area contributed by atoms with E-state index in [1.807, 2.05) is 18.2 Å². The van der Waals surface area contributed by atoms with Crippen molar-refractivity contribution >= 4 is 5.78 Å². The molecule has 25 heavy (non-hydrogen) atoms. The summed E-state index contributed by atoms with van der Waals surface area (Å²) in [5.74, 6) is 0.521. The summed E-state index contributed by atoms with van der Waals surface area (Å²) in [6.45, 7) is 0.245. The third-order valence-electron chi connectivity index (χ3n) is 4.03. The van der Waals surface area contributed by atoms with Crippen molar-refractivity contribution < 1.29 is 19.7 Å². The summed E-state index contributed by atoms with van der Waals surface area (Å²) in [5, 5.41) is 18.6. The Morgan fingerprint density at radius 2 is 1.44 bits per heavy atom. The minimum atomic E-state index is -0.839. The highest BCUT2D eigenvalue weighted by atomic mass is 16.6. The van der Waals surface area contributed by atoms with E-state index in [-0.39, 0.29) is 12.4 Å². The molecule has 0 saturated heterocycles. The summed E-state index contributed by atoms with van der Waals surface area (Å²) >= 11 is 0. The zero-order valence-corrected chi connectivity index (χ0v) is 14.4. The summed E-state index contributed by atoms with van der Waals surface area (Å²) in [7, 11) is 0. The monoisotopic (exact) mass is 342 g/mol. The van der Waals surface area contributed by atoms with Gasteiger partial charge in [-0.05, 0) is 37.1 Å². The molecule has 0 fully saturated rings. The van der Waals surface area contributed by atoms with E-state index in [9.17, 15) is 9.90 Å². The first-order chi connectivity index (χ1) is 12.2. The van der Waals surface area contributed by atoms with Crippen LogP contribution in [0.2, 0.25) is 0 Å². The molecule has 0 heterocycles. The fraction of sp³-hybridized carbons (Fsp3) is 0.381. The van der Waals surface area contributed by atoms with E-state index in [2.05, 4.69) is 0 Å². The molecule has 1 unspecified atom stereocenters. The normalized spacial score (nSPS) is 11.9. The number of hydrogen-bond acceptors (Lipinski definition) is 4. The maximum Gasteiger partial charge on any atom is 0.197 e. The molecule has 4 heteroatoms. The molecule has 0 saturated carbocycles. The number of hydrogen-bond donors (Lipinski definition) is 2. The van der Waals surface area contributed by atoms with Gasteiger partial charge in [0.05, 0.1) is 0 Å². The second-order valence-electron chi connectivity index (χ2n) is 6.07. The Morgan fingerprint density at radius 3 is 2.12 bits per heavy atom. The van der Waals surface area contributed by atoms with E-state index < -0.39 is 6.29 Å². The van der Waals surface area contributed by atoms with Gasteiger partial charge in [0.2, 0.25) is 0 Å². The minimum absolute atomic E-state index is 0.0319. The van der Waals surface area contributed by atoms with Crippen LogP contribution >= 0.6 is 0 Å². The fourth-order valence-electron chi connectivity index (χ4n) is 2.62. The lowest BCUT2D eigenvalue weighted by atomic mass is 10.0. The largest absolute Gasteiger partial charge is 0.465 e. The van der Waals surface area contributed by atoms with Crippen LogP contribution in [0.3, 0.4) is 0 Å². The van der Waals surface area contributed by atoms with Gasteiger partial charge >= 0.3 is 0 Å². The van der Waals surface area contributed by atoms with Crippen molar-refractivity contribution in [2.24, 2.45) is 0 Å². The van der Waals surface area contributed by atoms with Gasteiger partial charge in [-0.1, -0.05) is 49.6 Å². The molecule has 2 rings (SSSR count). The molecule has 4 nitrogen and oxygen atoms in total. The molecular formula is C21H26O4. The van der Waals surface area contributed by atoms with E-state index in [0.717, 1.165) is 32.1 Å². The molecule has 0 radical (unpaired) electrons. The first-order valence-corrected chi connectivity index (χ1v) is 8.86. The molecule has 0 aliphatic rings. The van der Waals surface area contributed by atoms with Crippen molar-refractivity contribution in [1.82, 2.24) is 0 Å². The van der Waals surface area contributed by atoms with E-state index >= 15 is 0 Å². The van der Waals surface area contributed by atoms with E-state index in [4.69, 9.17) is 9.84 Å². The minimum Gasteiger partial charge on any atom is -0.465 e. The Kier molecular flexibility index (Phi) is 8.16. The number of carbonyl (C=O) groups excluding carboxylic acids is 1. The second-order valence-corrected chi connectivity index (χ2v) is 6.07. The van der Waals surface area contributed by atoms with Crippen LogP contribution < -0.4 is 4.74 Å². The number of unbranched alkanes of at least 4 members (excludes halogenated alkanes) is 4. The van der Waals surface area contributed by atoms with Crippen LogP contribution in [0.1, 0.15) is 54.4 Å². The van der Waals surface area contributed by atoms with Crippen molar-refractivity contribution in [3.63, 3.8) is 0 Å². The highest BCUT2D eigenvalue weighted by Gasteiger charge is 2.10. The maximum absolute atomic E-state index is 12.3. The van der Waals surface area contributed by atoms with E-state index in [1.54, 1.807) is 36.4 Å². The molecule has 0 aliphatic carbocycles. The summed E-state index contributed by atoms with van der Waals surface area (Å²) in [6.07, 6.45) is 4.56. The average molecular weight is 342 g/mol. The molecule has 134 valence electrons. The van der Waals surface area contributed by atoms with E-state index in [1.165, 1.54) is 0 Å². The Balaban J connectivity index is 1.77.